The Morgan fingerprint density at radius 2 is 2.00 bits per heavy atom. The third-order valence-corrected chi connectivity index (χ3v) is 2.10. The molecule has 0 radical (unpaired) electrons. The monoisotopic (exact) mass is 252 g/mol. The van der Waals surface area contributed by atoms with Crippen molar-refractivity contribution in [2.24, 2.45) is 5.73 Å². The van der Waals surface area contributed by atoms with Crippen molar-refractivity contribution < 1.29 is 22.5 Å². The maximum atomic E-state index is 13.2. The molecule has 2 N–H and O–H groups in total. The molecule has 0 aliphatic rings. The average molecular weight is 252 g/mol. The van der Waals surface area contributed by atoms with Crippen LogP contribution in [0, 0.1) is 10.1 Å². The molecule has 0 saturated carbocycles. The number of alkyl halides is 4. The predicted molar refractivity (Wildman–Crippen MR) is 51.0 cm³/mol. The number of hydrogen-bond donors (Lipinski definition) is 1. The quantitative estimate of drug-likeness (QED) is 0.510. The van der Waals surface area contributed by atoms with Crippen molar-refractivity contribution in [1.29, 1.82) is 0 Å². The van der Waals surface area contributed by atoms with Gasteiger partial charge >= 0.3 is 6.18 Å². The van der Waals surface area contributed by atoms with Crippen LogP contribution in [0.4, 0.5) is 23.2 Å². The van der Waals surface area contributed by atoms with Gasteiger partial charge in [0.2, 0.25) is 0 Å². The molecule has 0 fully saturated rings. The molecule has 0 heterocycles. The Labute approximate surface area is 93.2 Å². The minimum absolute atomic E-state index is 0.303. The van der Waals surface area contributed by atoms with Crippen molar-refractivity contribution in [1.82, 2.24) is 0 Å². The second-order valence-electron chi connectivity index (χ2n) is 3.23. The van der Waals surface area contributed by atoms with Gasteiger partial charge in [-0.1, -0.05) is 0 Å². The zero-order valence-corrected chi connectivity index (χ0v) is 8.37. The molecule has 0 saturated heterocycles. The third-order valence-electron chi connectivity index (χ3n) is 2.10. The summed E-state index contributed by atoms with van der Waals surface area (Å²) in [6.45, 7) is -0.536. The zero-order valence-electron chi connectivity index (χ0n) is 8.37. The summed E-state index contributed by atoms with van der Waals surface area (Å²) in [4.78, 5) is 9.49. The number of nitro benzene ring substituents is 1. The van der Waals surface area contributed by atoms with Crippen molar-refractivity contribution in [3.8, 4) is 0 Å². The molecule has 1 atom stereocenters. The lowest BCUT2D eigenvalue weighted by atomic mass is 10.0. The highest BCUT2D eigenvalue weighted by atomic mass is 19.4. The summed E-state index contributed by atoms with van der Waals surface area (Å²) in [6.07, 6.45) is -6.57. The lowest BCUT2D eigenvalue weighted by Crippen LogP contribution is -2.12. The molecule has 4 nitrogen and oxygen atoms in total. The summed E-state index contributed by atoms with van der Waals surface area (Å²) in [6, 6.07) is 1.63. The Hall–Kier alpha value is -1.70. The van der Waals surface area contributed by atoms with Crippen LogP contribution in [0.2, 0.25) is 0 Å². The van der Waals surface area contributed by atoms with E-state index in [1.807, 2.05) is 0 Å². The fourth-order valence-corrected chi connectivity index (χ4v) is 1.27. The molecule has 17 heavy (non-hydrogen) atoms. The van der Waals surface area contributed by atoms with Crippen molar-refractivity contribution >= 4 is 5.69 Å². The molecule has 0 spiro atoms. The van der Waals surface area contributed by atoms with Crippen LogP contribution < -0.4 is 5.73 Å². The summed E-state index contributed by atoms with van der Waals surface area (Å²) in [5.74, 6) is 0. The molecule has 94 valence electrons. The first-order valence-electron chi connectivity index (χ1n) is 4.47. The molecule has 1 aromatic rings. The van der Waals surface area contributed by atoms with E-state index in [1.54, 1.807) is 0 Å². The number of nitrogens with two attached hydrogens (primary N) is 1. The molecule has 0 aliphatic carbocycles. The molecule has 0 bridgehead atoms. The molecule has 0 aliphatic heterocycles. The molecule has 1 aromatic carbocycles. The van der Waals surface area contributed by atoms with Gasteiger partial charge in [-0.15, -0.1) is 0 Å². The molecule has 8 heteroatoms. The van der Waals surface area contributed by atoms with E-state index in [0.29, 0.717) is 12.1 Å². The number of rotatable bonds is 3. The summed E-state index contributed by atoms with van der Waals surface area (Å²) < 4.78 is 50.1. The topological polar surface area (TPSA) is 69.2 Å². The molecule has 1 rings (SSSR count). The van der Waals surface area contributed by atoms with Crippen LogP contribution in [-0.2, 0) is 6.18 Å². The Morgan fingerprint density at radius 3 is 2.41 bits per heavy atom. The summed E-state index contributed by atoms with van der Waals surface area (Å²) in [7, 11) is 0. The summed E-state index contributed by atoms with van der Waals surface area (Å²) in [5, 5.41) is 10.6. The van der Waals surface area contributed by atoms with E-state index < -0.39 is 40.6 Å². The van der Waals surface area contributed by atoms with Gasteiger partial charge in [0.25, 0.3) is 5.69 Å². The van der Waals surface area contributed by atoms with Crippen LogP contribution in [0.3, 0.4) is 0 Å². The van der Waals surface area contributed by atoms with E-state index >= 15 is 0 Å². The van der Waals surface area contributed by atoms with Crippen molar-refractivity contribution in [3.05, 3.63) is 39.4 Å². The summed E-state index contributed by atoms with van der Waals surface area (Å²) in [5.41, 5.74) is 2.41. The maximum absolute atomic E-state index is 13.2. The smallest absolute Gasteiger partial charge is 0.327 e. The first kappa shape index (κ1) is 13.4. The molecule has 0 amide bonds. The number of nitrogens with zero attached hydrogens (tertiary/aromatic N) is 1. The minimum atomic E-state index is -4.71. The Bertz CT molecular complexity index is 433. The molecule has 0 aromatic heterocycles. The standard InChI is InChI=1S/C9H8F4N2O2/c10-7(4-14)6-2-1-5(9(11,12)13)3-8(6)15(16)17/h1-3,7H,4,14H2. The number of halogens is 4. The fraction of sp³-hybridized carbons (Fsp3) is 0.333. The van der Waals surface area contributed by atoms with Crippen LogP contribution in [-0.4, -0.2) is 11.5 Å². The summed E-state index contributed by atoms with van der Waals surface area (Å²) >= 11 is 0. The van der Waals surface area contributed by atoms with E-state index in [4.69, 9.17) is 5.73 Å². The maximum Gasteiger partial charge on any atom is 0.416 e. The number of hydrogen-bond acceptors (Lipinski definition) is 3. The first-order chi connectivity index (χ1) is 7.77. The van der Waals surface area contributed by atoms with E-state index in [-0.39, 0.29) is 0 Å². The van der Waals surface area contributed by atoms with Crippen molar-refractivity contribution in [3.63, 3.8) is 0 Å². The van der Waals surface area contributed by atoms with Gasteiger partial charge in [0.05, 0.1) is 16.1 Å². The zero-order chi connectivity index (χ0) is 13.2. The second-order valence-corrected chi connectivity index (χ2v) is 3.23. The van der Waals surface area contributed by atoms with Crippen LogP contribution in [0.15, 0.2) is 18.2 Å². The van der Waals surface area contributed by atoms with Gasteiger partial charge in [0.15, 0.2) is 0 Å². The van der Waals surface area contributed by atoms with Gasteiger partial charge in [-0.2, -0.15) is 13.2 Å². The predicted octanol–water partition coefficient (Wildman–Crippen LogP) is 2.58. The Kier molecular flexibility index (Phi) is 3.66. The number of benzene rings is 1. The fourth-order valence-electron chi connectivity index (χ4n) is 1.27. The highest BCUT2D eigenvalue weighted by Crippen LogP contribution is 2.35. The minimum Gasteiger partial charge on any atom is -0.327 e. The van der Waals surface area contributed by atoms with Gasteiger partial charge in [-0.05, 0) is 12.1 Å². The van der Waals surface area contributed by atoms with E-state index in [1.165, 1.54) is 0 Å². The second kappa shape index (κ2) is 4.66. The van der Waals surface area contributed by atoms with E-state index in [0.717, 1.165) is 6.07 Å². The molecular formula is C9H8F4N2O2. The number of nitro groups is 1. The van der Waals surface area contributed by atoms with E-state index in [2.05, 4.69) is 0 Å². The Balaban J connectivity index is 3.32. The molecule has 1 unspecified atom stereocenters. The van der Waals surface area contributed by atoms with Gasteiger partial charge in [-0.3, -0.25) is 10.1 Å². The lowest BCUT2D eigenvalue weighted by molar-refractivity contribution is -0.386. The van der Waals surface area contributed by atoms with Crippen molar-refractivity contribution in [2.45, 2.75) is 12.3 Å². The average Bonchev–Trinajstić information content (AvgIpc) is 2.25. The van der Waals surface area contributed by atoms with Gasteiger partial charge in [0, 0.05) is 12.6 Å². The van der Waals surface area contributed by atoms with Crippen LogP contribution >= 0.6 is 0 Å². The normalized spacial score (nSPS) is 13.5. The van der Waals surface area contributed by atoms with Gasteiger partial charge in [-0.25, -0.2) is 4.39 Å². The van der Waals surface area contributed by atoms with Gasteiger partial charge in [0.1, 0.15) is 6.17 Å². The van der Waals surface area contributed by atoms with Crippen LogP contribution in [0.1, 0.15) is 17.3 Å². The SMILES string of the molecule is NCC(F)c1ccc(C(F)(F)F)cc1[N+](=O)[O-]. The molecular weight excluding hydrogens is 244 g/mol. The van der Waals surface area contributed by atoms with Crippen molar-refractivity contribution in [2.75, 3.05) is 6.54 Å². The van der Waals surface area contributed by atoms with Crippen LogP contribution in [0.5, 0.6) is 0 Å². The highest BCUT2D eigenvalue weighted by Gasteiger charge is 2.33. The van der Waals surface area contributed by atoms with E-state index in [9.17, 15) is 27.7 Å². The third kappa shape index (κ3) is 2.90. The highest BCUT2D eigenvalue weighted by molar-refractivity contribution is 5.45. The first-order valence-corrected chi connectivity index (χ1v) is 4.47. The lowest BCUT2D eigenvalue weighted by Gasteiger charge is -2.10. The van der Waals surface area contributed by atoms with Crippen LogP contribution in [0.25, 0.3) is 0 Å². The Morgan fingerprint density at radius 1 is 1.41 bits per heavy atom. The largest absolute Gasteiger partial charge is 0.416 e. The van der Waals surface area contributed by atoms with Gasteiger partial charge < -0.3 is 5.73 Å².